The summed E-state index contributed by atoms with van der Waals surface area (Å²) in [5, 5.41) is 33.9. The van der Waals surface area contributed by atoms with Gasteiger partial charge in [0, 0.05) is 5.56 Å². The summed E-state index contributed by atoms with van der Waals surface area (Å²) in [5.74, 6) is 0.681. The molecule has 2 aromatic carbocycles. The van der Waals surface area contributed by atoms with Crippen LogP contribution in [0.3, 0.4) is 0 Å². The summed E-state index contributed by atoms with van der Waals surface area (Å²) in [6, 6.07) is 21.5. The highest BCUT2D eigenvalue weighted by Crippen LogP contribution is 2.29. The second kappa shape index (κ2) is 7.44. The Morgan fingerprint density at radius 3 is 2.27 bits per heavy atom. The second-order valence-corrected chi connectivity index (χ2v) is 5.05. The molecule has 0 aliphatic carbocycles. The number of hydrogen-bond donors (Lipinski definition) is 1. The van der Waals surface area contributed by atoms with Crippen LogP contribution in [0.1, 0.15) is 0 Å². The van der Waals surface area contributed by atoms with E-state index in [4.69, 9.17) is 15.0 Å². The largest absolute Gasteiger partial charge is 0.344 e. The first kappa shape index (κ1) is 16.4. The maximum atomic E-state index is 9.21. The molecule has 0 aliphatic rings. The van der Waals surface area contributed by atoms with E-state index in [9.17, 15) is 5.26 Å². The molecular formula is C19H10N6O. The number of benzene rings is 2. The fourth-order valence-electron chi connectivity index (χ4n) is 2.23. The minimum atomic E-state index is -0.308. The Hall–Kier alpha value is -4.41. The summed E-state index contributed by atoms with van der Waals surface area (Å²) in [6.07, 6.45) is 0. The van der Waals surface area contributed by atoms with Crippen LogP contribution in [-0.4, -0.2) is 10.1 Å². The summed E-state index contributed by atoms with van der Waals surface area (Å²) in [6.45, 7) is 0. The van der Waals surface area contributed by atoms with Crippen LogP contribution < -0.4 is 5.32 Å². The number of allylic oxidation sites excluding steroid dienone is 2. The lowest BCUT2D eigenvalue weighted by atomic mass is 10.1. The zero-order valence-corrected chi connectivity index (χ0v) is 13.3. The molecule has 7 nitrogen and oxygen atoms in total. The van der Waals surface area contributed by atoms with Gasteiger partial charge in [-0.2, -0.15) is 20.8 Å². The molecule has 0 spiro atoms. The highest BCUT2D eigenvalue weighted by molar-refractivity contribution is 5.76. The maximum Gasteiger partial charge on any atom is 0.260 e. The molecule has 0 radical (unpaired) electrons. The normalized spacial score (nSPS) is 9.42. The molecule has 0 bridgehead atoms. The van der Waals surface area contributed by atoms with E-state index in [1.165, 1.54) is 0 Å². The fraction of sp³-hybridized carbons (Fsp3) is 0. The number of anilines is 1. The molecular weight excluding hydrogens is 328 g/mol. The first-order valence-corrected chi connectivity index (χ1v) is 7.47. The van der Waals surface area contributed by atoms with Gasteiger partial charge in [0.1, 0.15) is 23.9 Å². The van der Waals surface area contributed by atoms with Gasteiger partial charge >= 0.3 is 0 Å². The number of para-hydroxylation sites is 1. The molecule has 0 amide bonds. The van der Waals surface area contributed by atoms with E-state index in [0.29, 0.717) is 17.1 Å². The minimum Gasteiger partial charge on any atom is -0.344 e. The average Bonchev–Trinajstić information content (AvgIpc) is 3.19. The number of aromatic nitrogens is 2. The van der Waals surface area contributed by atoms with Crippen molar-refractivity contribution >= 4 is 5.69 Å². The lowest BCUT2D eigenvalue weighted by Gasteiger charge is -2.08. The lowest BCUT2D eigenvalue weighted by Crippen LogP contribution is -2.02. The van der Waals surface area contributed by atoms with Gasteiger partial charge in [0.2, 0.25) is 5.82 Å². The Morgan fingerprint density at radius 2 is 1.58 bits per heavy atom. The molecule has 0 saturated carbocycles. The van der Waals surface area contributed by atoms with Crippen molar-refractivity contribution < 1.29 is 4.52 Å². The molecule has 1 heterocycles. The molecule has 1 N–H and O–H groups in total. The Balaban J connectivity index is 2.01. The van der Waals surface area contributed by atoms with Crippen LogP contribution in [0.5, 0.6) is 0 Å². The molecule has 0 aliphatic heterocycles. The van der Waals surface area contributed by atoms with Crippen molar-refractivity contribution in [1.82, 2.24) is 10.1 Å². The van der Waals surface area contributed by atoms with Crippen LogP contribution in [0.15, 0.2) is 70.4 Å². The van der Waals surface area contributed by atoms with Gasteiger partial charge in [0.25, 0.3) is 5.89 Å². The van der Waals surface area contributed by atoms with Gasteiger partial charge in [0.15, 0.2) is 5.57 Å². The van der Waals surface area contributed by atoms with E-state index in [1.54, 1.807) is 36.4 Å². The monoisotopic (exact) mass is 338 g/mol. The number of nitriles is 3. The van der Waals surface area contributed by atoms with Crippen LogP contribution in [0.2, 0.25) is 0 Å². The maximum absolute atomic E-state index is 9.21. The molecule has 3 aromatic rings. The fourth-order valence-corrected chi connectivity index (χ4v) is 2.23. The summed E-state index contributed by atoms with van der Waals surface area (Å²) >= 11 is 0. The third kappa shape index (κ3) is 3.26. The molecule has 0 saturated heterocycles. The predicted molar refractivity (Wildman–Crippen MR) is 92.7 cm³/mol. The first-order valence-electron chi connectivity index (χ1n) is 7.47. The third-order valence-electron chi connectivity index (χ3n) is 3.46. The highest BCUT2D eigenvalue weighted by atomic mass is 16.5. The van der Waals surface area contributed by atoms with Gasteiger partial charge in [-0.3, -0.25) is 0 Å². The third-order valence-corrected chi connectivity index (χ3v) is 3.46. The van der Waals surface area contributed by atoms with E-state index in [1.807, 2.05) is 36.4 Å². The Kier molecular flexibility index (Phi) is 4.71. The van der Waals surface area contributed by atoms with Crippen LogP contribution in [0, 0.1) is 34.0 Å². The van der Waals surface area contributed by atoms with Gasteiger partial charge in [-0.1, -0.05) is 47.6 Å². The molecule has 3 rings (SSSR count). The molecule has 0 fully saturated rings. The predicted octanol–water partition coefficient (Wildman–Crippen LogP) is 3.64. The van der Waals surface area contributed by atoms with Crippen LogP contribution in [0.25, 0.3) is 22.8 Å². The first-order chi connectivity index (χ1) is 12.8. The SMILES string of the molecule is N#CC(C#N)=C(C#N)Nc1ccccc1-c1nc(-c2ccccc2)no1. The zero-order valence-electron chi connectivity index (χ0n) is 13.3. The van der Waals surface area contributed by atoms with Crippen LogP contribution in [-0.2, 0) is 0 Å². The van der Waals surface area contributed by atoms with Crippen molar-refractivity contribution in [2.24, 2.45) is 0 Å². The number of nitrogens with zero attached hydrogens (tertiary/aromatic N) is 5. The van der Waals surface area contributed by atoms with Crippen LogP contribution in [0.4, 0.5) is 5.69 Å². The zero-order chi connectivity index (χ0) is 18.4. The molecule has 26 heavy (non-hydrogen) atoms. The summed E-state index contributed by atoms with van der Waals surface area (Å²) in [4.78, 5) is 4.38. The van der Waals surface area contributed by atoms with Crippen molar-refractivity contribution in [3.8, 4) is 41.0 Å². The van der Waals surface area contributed by atoms with E-state index in [-0.39, 0.29) is 17.2 Å². The van der Waals surface area contributed by atoms with E-state index in [0.717, 1.165) is 5.56 Å². The number of hydrogen-bond acceptors (Lipinski definition) is 7. The lowest BCUT2D eigenvalue weighted by molar-refractivity contribution is 0.432. The number of rotatable bonds is 4. The van der Waals surface area contributed by atoms with Crippen molar-refractivity contribution in [2.45, 2.75) is 0 Å². The smallest absolute Gasteiger partial charge is 0.260 e. The average molecular weight is 338 g/mol. The molecule has 7 heteroatoms. The minimum absolute atomic E-state index is 0.148. The Labute approximate surface area is 149 Å². The van der Waals surface area contributed by atoms with Gasteiger partial charge in [-0.25, -0.2) is 0 Å². The Morgan fingerprint density at radius 1 is 0.885 bits per heavy atom. The molecule has 122 valence electrons. The van der Waals surface area contributed by atoms with E-state index in [2.05, 4.69) is 15.5 Å². The van der Waals surface area contributed by atoms with E-state index >= 15 is 0 Å². The van der Waals surface area contributed by atoms with Crippen molar-refractivity contribution in [2.75, 3.05) is 5.32 Å². The summed E-state index contributed by atoms with van der Waals surface area (Å²) in [5.41, 5.74) is 1.37. The second-order valence-electron chi connectivity index (χ2n) is 5.05. The highest BCUT2D eigenvalue weighted by Gasteiger charge is 2.15. The van der Waals surface area contributed by atoms with Crippen molar-refractivity contribution in [3.05, 3.63) is 65.9 Å². The quantitative estimate of drug-likeness (QED) is 0.720. The molecule has 1 aromatic heterocycles. The molecule has 0 unspecified atom stereocenters. The van der Waals surface area contributed by atoms with Crippen molar-refractivity contribution in [3.63, 3.8) is 0 Å². The van der Waals surface area contributed by atoms with Gasteiger partial charge in [-0.15, -0.1) is 0 Å². The van der Waals surface area contributed by atoms with Crippen LogP contribution >= 0.6 is 0 Å². The van der Waals surface area contributed by atoms with Crippen molar-refractivity contribution in [1.29, 1.82) is 15.8 Å². The van der Waals surface area contributed by atoms with E-state index < -0.39 is 0 Å². The van der Waals surface area contributed by atoms with Gasteiger partial charge in [-0.05, 0) is 12.1 Å². The molecule has 0 atom stereocenters. The summed E-state index contributed by atoms with van der Waals surface area (Å²) in [7, 11) is 0. The topological polar surface area (TPSA) is 122 Å². The Bertz CT molecular complexity index is 1080. The summed E-state index contributed by atoms with van der Waals surface area (Å²) < 4.78 is 5.34. The van der Waals surface area contributed by atoms with Gasteiger partial charge < -0.3 is 9.84 Å². The number of nitrogens with one attached hydrogen (secondary N) is 1. The van der Waals surface area contributed by atoms with Gasteiger partial charge in [0.05, 0.1) is 11.3 Å². The standard InChI is InChI=1S/C19H10N6O/c20-10-14(11-21)17(12-22)23-16-9-5-4-8-15(16)19-24-18(25-26-19)13-6-2-1-3-7-13/h1-9,23H.